The molecule has 2 rings (SSSR count). The summed E-state index contributed by atoms with van der Waals surface area (Å²) >= 11 is 0. The quantitative estimate of drug-likeness (QED) is 0.874. The summed E-state index contributed by atoms with van der Waals surface area (Å²) in [4.78, 5) is 0. The molecule has 0 heterocycles. The Morgan fingerprint density at radius 1 is 1.05 bits per heavy atom. The van der Waals surface area contributed by atoms with Gasteiger partial charge in [0.25, 0.3) is 0 Å². The second-order valence-corrected chi connectivity index (χ2v) is 5.38. The number of benzene rings is 2. The summed E-state index contributed by atoms with van der Waals surface area (Å²) in [6.07, 6.45) is 0. The van der Waals surface area contributed by atoms with E-state index in [0.717, 1.165) is 12.3 Å². The molecule has 1 unspecified atom stereocenters. The number of fused-ring (bicyclic) bond motifs is 1. The molecular formula is C17H23NO. The fourth-order valence-electron chi connectivity index (χ4n) is 2.19. The largest absolute Gasteiger partial charge is 0.496 e. The number of rotatable bonds is 5. The molecule has 0 aliphatic carbocycles. The highest BCUT2D eigenvalue weighted by Crippen LogP contribution is 2.28. The van der Waals surface area contributed by atoms with Crippen LogP contribution in [0.2, 0.25) is 0 Å². The molecule has 1 atom stereocenters. The van der Waals surface area contributed by atoms with Gasteiger partial charge in [-0.3, -0.25) is 0 Å². The minimum Gasteiger partial charge on any atom is -0.496 e. The van der Waals surface area contributed by atoms with Crippen molar-refractivity contribution < 1.29 is 4.74 Å². The molecule has 2 nitrogen and oxygen atoms in total. The minimum absolute atomic E-state index is 0.490. The summed E-state index contributed by atoms with van der Waals surface area (Å²) in [5.74, 6) is 1.59. The van der Waals surface area contributed by atoms with Crippen molar-refractivity contribution in [3.05, 3.63) is 42.0 Å². The van der Waals surface area contributed by atoms with E-state index in [4.69, 9.17) is 4.74 Å². The monoisotopic (exact) mass is 257 g/mol. The summed E-state index contributed by atoms with van der Waals surface area (Å²) in [7, 11) is 1.74. The Kier molecular flexibility index (Phi) is 4.43. The molecule has 2 aromatic carbocycles. The summed E-state index contributed by atoms with van der Waals surface area (Å²) in [5, 5.41) is 6.12. The normalized spacial score (nSPS) is 12.9. The molecule has 0 fully saturated rings. The highest BCUT2D eigenvalue weighted by Gasteiger charge is 2.11. The van der Waals surface area contributed by atoms with E-state index in [2.05, 4.69) is 62.5 Å². The van der Waals surface area contributed by atoms with E-state index < -0.39 is 0 Å². The molecular weight excluding hydrogens is 234 g/mol. The van der Waals surface area contributed by atoms with Crippen molar-refractivity contribution in [3.63, 3.8) is 0 Å². The fourth-order valence-corrected chi connectivity index (χ4v) is 2.19. The zero-order chi connectivity index (χ0) is 13.8. The second-order valence-electron chi connectivity index (χ2n) is 5.38. The van der Waals surface area contributed by atoms with Gasteiger partial charge in [-0.25, -0.2) is 0 Å². The van der Waals surface area contributed by atoms with Crippen LogP contribution in [-0.2, 0) is 6.54 Å². The highest BCUT2D eigenvalue weighted by molar-refractivity contribution is 5.87. The Morgan fingerprint density at radius 2 is 1.79 bits per heavy atom. The van der Waals surface area contributed by atoms with E-state index in [1.807, 2.05) is 0 Å². The zero-order valence-corrected chi connectivity index (χ0v) is 12.2. The number of ether oxygens (including phenoxy) is 1. The molecule has 102 valence electrons. The van der Waals surface area contributed by atoms with Gasteiger partial charge in [-0.15, -0.1) is 0 Å². The van der Waals surface area contributed by atoms with E-state index in [1.54, 1.807) is 7.11 Å². The van der Waals surface area contributed by atoms with Crippen LogP contribution >= 0.6 is 0 Å². The van der Waals surface area contributed by atoms with Gasteiger partial charge in [0.05, 0.1) is 7.11 Å². The lowest BCUT2D eigenvalue weighted by Crippen LogP contribution is -2.30. The molecule has 0 spiro atoms. The van der Waals surface area contributed by atoms with E-state index in [1.165, 1.54) is 16.3 Å². The van der Waals surface area contributed by atoms with Gasteiger partial charge in [-0.2, -0.15) is 0 Å². The van der Waals surface area contributed by atoms with E-state index >= 15 is 0 Å². The van der Waals surface area contributed by atoms with Crippen LogP contribution < -0.4 is 10.1 Å². The van der Waals surface area contributed by atoms with Crippen LogP contribution in [0, 0.1) is 5.92 Å². The van der Waals surface area contributed by atoms with E-state index in [-0.39, 0.29) is 0 Å². The van der Waals surface area contributed by atoms with Gasteiger partial charge >= 0.3 is 0 Å². The maximum Gasteiger partial charge on any atom is 0.123 e. The van der Waals surface area contributed by atoms with Gasteiger partial charge in [0.15, 0.2) is 0 Å². The maximum atomic E-state index is 5.51. The first-order valence-electron chi connectivity index (χ1n) is 6.91. The molecule has 2 aromatic rings. The van der Waals surface area contributed by atoms with Crippen molar-refractivity contribution in [3.8, 4) is 5.75 Å². The SMILES string of the molecule is COc1ccc2ccccc2c1CNC(C)C(C)C. The van der Waals surface area contributed by atoms with Crippen LogP contribution in [-0.4, -0.2) is 13.2 Å². The second kappa shape index (κ2) is 6.07. The van der Waals surface area contributed by atoms with Crippen LogP contribution in [0.5, 0.6) is 5.75 Å². The molecule has 2 heteroatoms. The summed E-state index contributed by atoms with van der Waals surface area (Å²) in [6.45, 7) is 7.53. The van der Waals surface area contributed by atoms with Crippen LogP contribution in [0.1, 0.15) is 26.3 Å². The van der Waals surface area contributed by atoms with E-state index in [9.17, 15) is 0 Å². The molecule has 0 saturated heterocycles. The third kappa shape index (κ3) is 3.07. The van der Waals surface area contributed by atoms with Crippen LogP contribution in [0.4, 0.5) is 0 Å². The molecule has 0 saturated carbocycles. The molecule has 19 heavy (non-hydrogen) atoms. The Balaban J connectivity index is 2.33. The average molecular weight is 257 g/mol. The molecule has 0 amide bonds. The number of methoxy groups -OCH3 is 1. The summed E-state index contributed by atoms with van der Waals surface area (Å²) < 4.78 is 5.51. The Bertz CT molecular complexity index is 548. The van der Waals surface area contributed by atoms with Crippen molar-refractivity contribution in [1.82, 2.24) is 5.32 Å². The minimum atomic E-state index is 0.490. The third-order valence-corrected chi connectivity index (χ3v) is 3.82. The van der Waals surface area contributed by atoms with Crippen LogP contribution in [0.3, 0.4) is 0 Å². The van der Waals surface area contributed by atoms with Crippen LogP contribution in [0.15, 0.2) is 36.4 Å². The molecule has 0 aliphatic heterocycles. The number of hydrogen-bond acceptors (Lipinski definition) is 2. The average Bonchev–Trinajstić information content (AvgIpc) is 2.43. The first-order valence-corrected chi connectivity index (χ1v) is 6.91. The van der Waals surface area contributed by atoms with Crippen LogP contribution in [0.25, 0.3) is 10.8 Å². The smallest absolute Gasteiger partial charge is 0.123 e. The Morgan fingerprint density at radius 3 is 2.47 bits per heavy atom. The predicted octanol–water partition coefficient (Wildman–Crippen LogP) is 3.98. The Labute approximate surface area is 115 Å². The number of hydrogen-bond donors (Lipinski definition) is 1. The molecule has 0 aromatic heterocycles. The molecule has 0 aliphatic rings. The predicted molar refractivity (Wildman–Crippen MR) is 81.6 cm³/mol. The van der Waals surface area contributed by atoms with Crippen molar-refractivity contribution in [2.24, 2.45) is 5.92 Å². The highest BCUT2D eigenvalue weighted by atomic mass is 16.5. The number of nitrogens with one attached hydrogen (secondary N) is 1. The van der Waals surface area contributed by atoms with Gasteiger partial charge in [0, 0.05) is 18.2 Å². The first-order chi connectivity index (χ1) is 9.13. The molecule has 0 radical (unpaired) electrons. The lowest BCUT2D eigenvalue weighted by molar-refractivity contribution is 0.396. The van der Waals surface area contributed by atoms with Gasteiger partial charge in [0.1, 0.15) is 5.75 Å². The van der Waals surface area contributed by atoms with Crippen molar-refractivity contribution >= 4 is 10.8 Å². The van der Waals surface area contributed by atoms with Gasteiger partial charge < -0.3 is 10.1 Å². The molecule has 0 bridgehead atoms. The van der Waals surface area contributed by atoms with Crippen molar-refractivity contribution in [2.45, 2.75) is 33.4 Å². The Hall–Kier alpha value is -1.54. The topological polar surface area (TPSA) is 21.3 Å². The maximum absolute atomic E-state index is 5.51. The van der Waals surface area contributed by atoms with Gasteiger partial charge in [-0.05, 0) is 29.7 Å². The van der Waals surface area contributed by atoms with Gasteiger partial charge in [-0.1, -0.05) is 44.2 Å². The lowest BCUT2D eigenvalue weighted by Gasteiger charge is -2.19. The van der Waals surface area contributed by atoms with Gasteiger partial charge in [0.2, 0.25) is 0 Å². The molecule has 1 N–H and O–H groups in total. The lowest BCUT2D eigenvalue weighted by atomic mass is 10.0. The first kappa shape index (κ1) is 13.9. The van der Waals surface area contributed by atoms with E-state index in [0.29, 0.717) is 12.0 Å². The summed E-state index contributed by atoms with van der Waals surface area (Å²) in [6, 6.07) is 13.1. The third-order valence-electron chi connectivity index (χ3n) is 3.82. The summed E-state index contributed by atoms with van der Waals surface area (Å²) in [5.41, 5.74) is 1.24. The zero-order valence-electron chi connectivity index (χ0n) is 12.2. The fraction of sp³-hybridized carbons (Fsp3) is 0.412. The van der Waals surface area contributed by atoms with Crippen molar-refractivity contribution in [2.75, 3.05) is 7.11 Å². The standard InChI is InChI=1S/C17H23NO/c1-12(2)13(3)18-11-16-15-8-6-5-7-14(15)9-10-17(16)19-4/h5-10,12-13,18H,11H2,1-4H3. The van der Waals surface area contributed by atoms with Crippen molar-refractivity contribution in [1.29, 1.82) is 0 Å².